The summed E-state index contributed by atoms with van der Waals surface area (Å²) in [5.74, 6) is 2.41. The normalized spacial score (nSPS) is 10.5. The molecule has 0 heterocycles. The zero-order valence-electron chi connectivity index (χ0n) is 10.2. The summed E-state index contributed by atoms with van der Waals surface area (Å²) in [5, 5.41) is 0. The first kappa shape index (κ1) is 13.7. The molecule has 0 unspecified atom stereocenters. The standard InChI is InChI=1S/C14H19FN2/c1-3-7-17(8-4-2)11-13-9-12(10-16)5-6-14(13)15/h1,5-6,9H,4,7-8,10-11,16H2,2H3. The predicted molar refractivity (Wildman–Crippen MR) is 68.7 cm³/mol. The first-order chi connectivity index (χ1) is 8.21. The highest BCUT2D eigenvalue weighted by Crippen LogP contribution is 2.13. The van der Waals surface area contributed by atoms with Gasteiger partial charge in [-0.05, 0) is 24.6 Å². The molecule has 2 nitrogen and oxygen atoms in total. The van der Waals surface area contributed by atoms with Crippen LogP contribution in [0.4, 0.5) is 4.39 Å². The van der Waals surface area contributed by atoms with Gasteiger partial charge in [-0.15, -0.1) is 6.42 Å². The number of terminal acetylenes is 1. The second-order valence-electron chi connectivity index (χ2n) is 4.04. The SMILES string of the molecule is C#CCN(CCC)Cc1cc(CN)ccc1F. The van der Waals surface area contributed by atoms with Gasteiger partial charge in [-0.2, -0.15) is 0 Å². The van der Waals surface area contributed by atoms with Gasteiger partial charge in [0.1, 0.15) is 5.82 Å². The number of halogens is 1. The molecule has 0 bridgehead atoms. The van der Waals surface area contributed by atoms with Gasteiger partial charge in [0.15, 0.2) is 0 Å². The number of hydrogen-bond acceptors (Lipinski definition) is 2. The summed E-state index contributed by atoms with van der Waals surface area (Å²) in [6.45, 7) is 4.46. The Morgan fingerprint density at radius 3 is 2.82 bits per heavy atom. The first-order valence-electron chi connectivity index (χ1n) is 5.84. The first-order valence-corrected chi connectivity index (χ1v) is 5.84. The number of nitrogens with zero attached hydrogens (tertiary/aromatic N) is 1. The van der Waals surface area contributed by atoms with Gasteiger partial charge in [-0.1, -0.05) is 25.0 Å². The van der Waals surface area contributed by atoms with Crippen LogP contribution in [0.2, 0.25) is 0 Å². The van der Waals surface area contributed by atoms with E-state index in [-0.39, 0.29) is 5.82 Å². The van der Waals surface area contributed by atoms with Gasteiger partial charge < -0.3 is 5.73 Å². The van der Waals surface area contributed by atoms with Crippen LogP contribution >= 0.6 is 0 Å². The van der Waals surface area contributed by atoms with E-state index in [0.29, 0.717) is 25.2 Å². The molecule has 0 atom stereocenters. The molecule has 3 heteroatoms. The lowest BCUT2D eigenvalue weighted by Gasteiger charge is -2.19. The maximum Gasteiger partial charge on any atom is 0.127 e. The lowest BCUT2D eigenvalue weighted by Crippen LogP contribution is -2.25. The summed E-state index contributed by atoms with van der Waals surface area (Å²) in [4.78, 5) is 2.05. The Morgan fingerprint density at radius 2 is 2.24 bits per heavy atom. The summed E-state index contributed by atoms with van der Waals surface area (Å²) in [5.41, 5.74) is 7.16. The zero-order chi connectivity index (χ0) is 12.7. The van der Waals surface area contributed by atoms with Crippen LogP contribution in [-0.4, -0.2) is 18.0 Å². The van der Waals surface area contributed by atoms with E-state index in [4.69, 9.17) is 12.2 Å². The van der Waals surface area contributed by atoms with E-state index >= 15 is 0 Å². The van der Waals surface area contributed by atoms with Gasteiger partial charge in [0, 0.05) is 18.7 Å². The van der Waals surface area contributed by atoms with E-state index < -0.39 is 0 Å². The number of nitrogens with two attached hydrogens (primary N) is 1. The van der Waals surface area contributed by atoms with Crippen LogP contribution in [0.25, 0.3) is 0 Å². The van der Waals surface area contributed by atoms with Crippen LogP contribution in [0.3, 0.4) is 0 Å². The molecule has 0 aromatic heterocycles. The zero-order valence-corrected chi connectivity index (χ0v) is 10.2. The van der Waals surface area contributed by atoms with E-state index in [1.165, 1.54) is 6.07 Å². The Morgan fingerprint density at radius 1 is 1.47 bits per heavy atom. The fourth-order valence-corrected chi connectivity index (χ4v) is 1.78. The second kappa shape index (κ2) is 7.05. The highest BCUT2D eigenvalue weighted by atomic mass is 19.1. The van der Waals surface area contributed by atoms with Crippen molar-refractivity contribution in [3.05, 3.63) is 35.1 Å². The maximum atomic E-state index is 13.6. The molecule has 1 aromatic carbocycles. The van der Waals surface area contributed by atoms with Crippen LogP contribution in [0.15, 0.2) is 18.2 Å². The van der Waals surface area contributed by atoms with Crippen molar-refractivity contribution < 1.29 is 4.39 Å². The summed E-state index contributed by atoms with van der Waals surface area (Å²) in [6.07, 6.45) is 6.30. The van der Waals surface area contributed by atoms with Crippen LogP contribution in [0, 0.1) is 18.2 Å². The molecule has 92 valence electrons. The quantitative estimate of drug-likeness (QED) is 0.764. The third kappa shape index (κ3) is 4.18. The van der Waals surface area contributed by atoms with Crippen molar-refractivity contribution in [1.82, 2.24) is 4.90 Å². The lowest BCUT2D eigenvalue weighted by molar-refractivity contribution is 0.295. The van der Waals surface area contributed by atoms with Crippen LogP contribution in [0.5, 0.6) is 0 Å². The van der Waals surface area contributed by atoms with Gasteiger partial charge in [0.05, 0.1) is 6.54 Å². The fraction of sp³-hybridized carbons (Fsp3) is 0.429. The van der Waals surface area contributed by atoms with Gasteiger partial charge in [-0.25, -0.2) is 4.39 Å². The molecule has 1 rings (SSSR count). The van der Waals surface area contributed by atoms with E-state index in [1.807, 2.05) is 6.07 Å². The molecule has 0 radical (unpaired) electrons. The molecule has 0 fully saturated rings. The Labute approximate surface area is 103 Å². The Balaban J connectivity index is 2.80. The van der Waals surface area contributed by atoms with E-state index in [0.717, 1.165) is 18.5 Å². The summed E-state index contributed by atoms with van der Waals surface area (Å²) < 4.78 is 13.6. The van der Waals surface area contributed by atoms with Crippen molar-refractivity contribution >= 4 is 0 Å². The van der Waals surface area contributed by atoms with Crippen molar-refractivity contribution in [2.45, 2.75) is 26.4 Å². The highest BCUT2D eigenvalue weighted by Gasteiger charge is 2.08. The minimum absolute atomic E-state index is 0.194. The molecular weight excluding hydrogens is 215 g/mol. The highest BCUT2D eigenvalue weighted by molar-refractivity contribution is 5.25. The Hall–Kier alpha value is -1.37. The molecule has 1 aromatic rings. The Kier molecular flexibility index (Phi) is 5.68. The second-order valence-corrected chi connectivity index (χ2v) is 4.04. The summed E-state index contributed by atoms with van der Waals surface area (Å²) in [6, 6.07) is 5.00. The fourth-order valence-electron chi connectivity index (χ4n) is 1.78. The number of rotatable bonds is 6. The van der Waals surface area contributed by atoms with Gasteiger partial charge in [-0.3, -0.25) is 4.90 Å². The molecule has 2 N–H and O–H groups in total. The van der Waals surface area contributed by atoms with Gasteiger partial charge in [0.2, 0.25) is 0 Å². The minimum atomic E-state index is -0.194. The molecule has 0 aliphatic rings. The maximum absolute atomic E-state index is 13.6. The molecule has 0 amide bonds. The molecule has 0 aliphatic carbocycles. The average molecular weight is 234 g/mol. The van der Waals surface area contributed by atoms with E-state index in [1.54, 1.807) is 6.07 Å². The van der Waals surface area contributed by atoms with Crippen LogP contribution in [0.1, 0.15) is 24.5 Å². The average Bonchev–Trinajstić information content (AvgIpc) is 2.32. The summed E-state index contributed by atoms with van der Waals surface area (Å²) in [7, 11) is 0. The lowest BCUT2D eigenvalue weighted by atomic mass is 10.1. The third-order valence-corrected chi connectivity index (χ3v) is 2.59. The monoisotopic (exact) mass is 234 g/mol. The number of hydrogen-bond donors (Lipinski definition) is 1. The van der Waals surface area contributed by atoms with Crippen molar-refractivity contribution in [3.8, 4) is 12.3 Å². The van der Waals surface area contributed by atoms with Crippen LogP contribution < -0.4 is 5.73 Å². The van der Waals surface area contributed by atoms with Gasteiger partial charge in [0.25, 0.3) is 0 Å². The summed E-state index contributed by atoms with van der Waals surface area (Å²) >= 11 is 0. The van der Waals surface area contributed by atoms with Crippen LogP contribution in [-0.2, 0) is 13.1 Å². The molecule has 0 saturated carbocycles. The molecule has 0 spiro atoms. The van der Waals surface area contributed by atoms with Gasteiger partial charge >= 0.3 is 0 Å². The molecular formula is C14H19FN2. The molecule has 17 heavy (non-hydrogen) atoms. The van der Waals surface area contributed by atoms with Crippen molar-refractivity contribution in [2.24, 2.45) is 5.73 Å². The van der Waals surface area contributed by atoms with Crippen molar-refractivity contribution in [1.29, 1.82) is 0 Å². The smallest absolute Gasteiger partial charge is 0.127 e. The third-order valence-electron chi connectivity index (χ3n) is 2.59. The number of benzene rings is 1. The Bertz CT molecular complexity index is 396. The molecule has 0 saturated heterocycles. The van der Waals surface area contributed by atoms with E-state index in [2.05, 4.69) is 17.7 Å². The molecule has 0 aliphatic heterocycles. The van der Waals surface area contributed by atoms with Crippen molar-refractivity contribution in [2.75, 3.05) is 13.1 Å². The predicted octanol–water partition coefficient (Wildman–Crippen LogP) is 2.13. The largest absolute Gasteiger partial charge is 0.326 e. The topological polar surface area (TPSA) is 29.3 Å². The van der Waals surface area contributed by atoms with E-state index in [9.17, 15) is 4.39 Å². The van der Waals surface area contributed by atoms with Crippen molar-refractivity contribution in [3.63, 3.8) is 0 Å². The minimum Gasteiger partial charge on any atom is -0.326 e.